The molecule has 0 N–H and O–H groups in total. The van der Waals surface area contributed by atoms with Gasteiger partial charge in [-0.1, -0.05) is 15.9 Å². The van der Waals surface area contributed by atoms with Gasteiger partial charge in [0.1, 0.15) is 0 Å². The SMILES string of the molecule is N#C[C@H]1OCCC[C@H]1Br. The molecule has 0 saturated carbocycles. The Labute approximate surface area is 62.9 Å². The van der Waals surface area contributed by atoms with Crippen molar-refractivity contribution in [2.24, 2.45) is 0 Å². The second-order valence-corrected chi connectivity index (χ2v) is 3.25. The van der Waals surface area contributed by atoms with Crippen LogP contribution in [-0.4, -0.2) is 17.5 Å². The lowest BCUT2D eigenvalue weighted by Gasteiger charge is -2.21. The van der Waals surface area contributed by atoms with Gasteiger partial charge in [-0.05, 0) is 12.8 Å². The number of halogens is 1. The highest BCUT2D eigenvalue weighted by atomic mass is 79.9. The molecule has 9 heavy (non-hydrogen) atoms. The predicted molar refractivity (Wildman–Crippen MR) is 37.3 cm³/mol. The molecule has 0 radical (unpaired) electrons. The van der Waals surface area contributed by atoms with Gasteiger partial charge in [-0.15, -0.1) is 0 Å². The van der Waals surface area contributed by atoms with E-state index in [4.69, 9.17) is 10.00 Å². The molecular weight excluding hydrogens is 182 g/mol. The third kappa shape index (κ3) is 1.67. The third-order valence-corrected chi connectivity index (χ3v) is 2.32. The first kappa shape index (κ1) is 7.04. The van der Waals surface area contributed by atoms with Crippen LogP contribution in [0.15, 0.2) is 0 Å². The largest absolute Gasteiger partial charge is 0.362 e. The van der Waals surface area contributed by atoms with Gasteiger partial charge in [0.15, 0.2) is 6.10 Å². The van der Waals surface area contributed by atoms with E-state index in [0.29, 0.717) is 0 Å². The van der Waals surface area contributed by atoms with Crippen molar-refractivity contribution >= 4 is 15.9 Å². The average molecular weight is 190 g/mol. The van der Waals surface area contributed by atoms with Gasteiger partial charge in [0.05, 0.1) is 10.9 Å². The molecule has 0 spiro atoms. The molecule has 0 aliphatic carbocycles. The van der Waals surface area contributed by atoms with Crippen LogP contribution in [-0.2, 0) is 4.74 Å². The molecule has 0 unspecified atom stereocenters. The highest BCUT2D eigenvalue weighted by Gasteiger charge is 2.22. The van der Waals surface area contributed by atoms with Gasteiger partial charge in [0.25, 0.3) is 0 Å². The molecule has 2 atom stereocenters. The second-order valence-electron chi connectivity index (χ2n) is 2.08. The summed E-state index contributed by atoms with van der Waals surface area (Å²) in [6.07, 6.45) is 1.89. The van der Waals surface area contributed by atoms with E-state index >= 15 is 0 Å². The zero-order valence-corrected chi connectivity index (χ0v) is 6.60. The third-order valence-electron chi connectivity index (χ3n) is 1.38. The van der Waals surface area contributed by atoms with Gasteiger partial charge in [-0.2, -0.15) is 5.26 Å². The molecule has 0 aromatic rings. The topological polar surface area (TPSA) is 33.0 Å². The first-order valence-corrected chi connectivity index (χ1v) is 3.91. The van der Waals surface area contributed by atoms with Gasteiger partial charge in [0.2, 0.25) is 0 Å². The minimum atomic E-state index is -0.223. The number of ether oxygens (including phenoxy) is 1. The Balaban J connectivity index is 2.41. The van der Waals surface area contributed by atoms with E-state index < -0.39 is 0 Å². The lowest BCUT2D eigenvalue weighted by atomic mass is 10.1. The molecular formula is C6H8BrNO. The highest BCUT2D eigenvalue weighted by Crippen LogP contribution is 2.19. The van der Waals surface area contributed by atoms with Crippen molar-refractivity contribution < 1.29 is 4.74 Å². The number of nitrogens with zero attached hydrogens (tertiary/aromatic N) is 1. The quantitative estimate of drug-likeness (QED) is 0.541. The molecule has 50 valence electrons. The Morgan fingerprint density at radius 2 is 2.44 bits per heavy atom. The Morgan fingerprint density at radius 3 is 2.89 bits per heavy atom. The van der Waals surface area contributed by atoms with E-state index in [1.807, 2.05) is 0 Å². The van der Waals surface area contributed by atoms with Crippen LogP contribution in [0.25, 0.3) is 0 Å². The van der Waals surface area contributed by atoms with E-state index in [1.165, 1.54) is 0 Å². The molecule has 0 bridgehead atoms. The van der Waals surface area contributed by atoms with Crippen LogP contribution in [0.3, 0.4) is 0 Å². The standard InChI is InChI=1S/C6H8BrNO/c7-5-2-1-3-9-6(5)4-8/h5-6H,1-3H2/t5-,6-/m1/s1. The van der Waals surface area contributed by atoms with Crippen molar-refractivity contribution in [2.75, 3.05) is 6.61 Å². The first-order chi connectivity index (χ1) is 4.34. The van der Waals surface area contributed by atoms with E-state index in [9.17, 15) is 0 Å². The van der Waals surface area contributed by atoms with Crippen LogP contribution < -0.4 is 0 Å². The van der Waals surface area contributed by atoms with E-state index in [0.717, 1.165) is 19.4 Å². The summed E-state index contributed by atoms with van der Waals surface area (Å²) in [5.74, 6) is 0. The Bertz CT molecular complexity index is 132. The Hall–Kier alpha value is -0.0700. The van der Waals surface area contributed by atoms with E-state index in [1.54, 1.807) is 0 Å². The van der Waals surface area contributed by atoms with E-state index in [-0.39, 0.29) is 10.9 Å². The summed E-state index contributed by atoms with van der Waals surface area (Å²) in [6.45, 7) is 0.736. The Morgan fingerprint density at radius 1 is 1.67 bits per heavy atom. The molecule has 1 aliphatic rings. The molecule has 0 aromatic carbocycles. The zero-order valence-electron chi connectivity index (χ0n) is 5.01. The maximum Gasteiger partial charge on any atom is 0.156 e. The Kier molecular flexibility index (Phi) is 2.49. The zero-order chi connectivity index (χ0) is 6.69. The lowest BCUT2D eigenvalue weighted by molar-refractivity contribution is 0.0578. The van der Waals surface area contributed by atoms with Crippen molar-refractivity contribution in [2.45, 2.75) is 23.8 Å². The van der Waals surface area contributed by atoms with Crippen molar-refractivity contribution in [3.63, 3.8) is 0 Å². The van der Waals surface area contributed by atoms with Crippen LogP contribution >= 0.6 is 15.9 Å². The van der Waals surface area contributed by atoms with Gasteiger partial charge in [-0.3, -0.25) is 0 Å². The van der Waals surface area contributed by atoms with Crippen molar-refractivity contribution in [3.05, 3.63) is 0 Å². The fourth-order valence-corrected chi connectivity index (χ4v) is 1.46. The number of rotatable bonds is 0. The molecule has 1 rings (SSSR count). The number of alkyl halides is 1. The van der Waals surface area contributed by atoms with Crippen molar-refractivity contribution in [3.8, 4) is 6.07 Å². The monoisotopic (exact) mass is 189 g/mol. The second kappa shape index (κ2) is 3.19. The molecule has 0 amide bonds. The minimum absolute atomic E-state index is 0.223. The summed E-state index contributed by atoms with van der Waals surface area (Å²) in [7, 11) is 0. The van der Waals surface area contributed by atoms with Crippen molar-refractivity contribution in [1.29, 1.82) is 5.26 Å². The highest BCUT2D eigenvalue weighted by molar-refractivity contribution is 9.09. The first-order valence-electron chi connectivity index (χ1n) is 3.00. The summed E-state index contributed by atoms with van der Waals surface area (Å²) in [6, 6.07) is 2.08. The van der Waals surface area contributed by atoms with Gasteiger partial charge in [0, 0.05) is 6.61 Å². The molecule has 3 heteroatoms. The molecule has 0 aromatic heterocycles. The maximum atomic E-state index is 8.46. The maximum absolute atomic E-state index is 8.46. The van der Waals surface area contributed by atoms with Crippen LogP contribution in [0.1, 0.15) is 12.8 Å². The number of nitriles is 1. The van der Waals surface area contributed by atoms with Gasteiger partial charge < -0.3 is 4.74 Å². The molecule has 2 nitrogen and oxygen atoms in total. The minimum Gasteiger partial charge on any atom is -0.362 e. The molecule has 1 fully saturated rings. The summed E-state index contributed by atoms with van der Waals surface area (Å²) in [5, 5.41) is 8.46. The smallest absolute Gasteiger partial charge is 0.156 e. The molecule has 1 saturated heterocycles. The number of hydrogen-bond acceptors (Lipinski definition) is 2. The fraction of sp³-hybridized carbons (Fsp3) is 0.833. The summed E-state index contributed by atoms with van der Waals surface area (Å²) < 4.78 is 5.13. The van der Waals surface area contributed by atoms with Crippen molar-refractivity contribution in [1.82, 2.24) is 0 Å². The average Bonchev–Trinajstić information content (AvgIpc) is 1.89. The molecule has 1 aliphatic heterocycles. The van der Waals surface area contributed by atoms with Crippen LogP contribution in [0.5, 0.6) is 0 Å². The van der Waals surface area contributed by atoms with Crippen LogP contribution in [0.4, 0.5) is 0 Å². The predicted octanol–water partition coefficient (Wildman–Crippen LogP) is 1.45. The van der Waals surface area contributed by atoms with E-state index in [2.05, 4.69) is 22.0 Å². The summed E-state index contributed by atoms with van der Waals surface area (Å²) >= 11 is 3.37. The normalized spacial score (nSPS) is 35.6. The molecule has 1 heterocycles. The fourth-order valence-electron chi connectivity index (χ4n) is 0.863. The lowest BCUT2D eigenvalue weighted by Crippen LogP contribution is -2.27. The van der Waals surface area contributed by atoms with Crippen LogP contribution in [0.2, 0.25) is 0 Å². The van der Waals surface area contributed by atoms with Gasteiger partial charge >= 0.3 is 0 Å². The number of hydrogen-bond donors (Lipinski definition) is 0. The summed E-state index contributed by atoms with van der Waals surface area (Å²) in [4.78, 5) is 0.247. The van der Waals surface area contributed by atoms with Gasteiger partial charge in [-0.25, -0.2) is 0 Å². The summed E-state index contributed by atoms with van der Waals surface area (Å²) in [5.41, 5.74) is 0. The van der Waals surface area contributed by atoms with Crippen LogP contribution in [0, 0.1) is 11.3 Å².